The maximum Gasteiger partial charge on any atom is 0.158 e. The second-order valence-electron chi connectivity index (χ2n) is 7.04. The van der Waals surface area contributed by atoms with Gasteiger partial charge in [0, 0.05) is 13.1 Å². The molecule has 2 heterocycles. The fourth-order valence-electron chi connectivity index (χ4n) is 3.84. The van der Waals surface area contributed by atoms with Crippen LogP contribution in [0, 0.1) is 5.41 Å². The lowest BCUT2D eigenvalue weighted by Gasteiger charge is -2.36. The molecule has 0 aromatic carbocycles. The van der Waals surface area contributed by atoms with Gasteiger partial charge in [0.05, 0.1) is 11.6 Å². The average molecular weight is 309 g/mol. The van der Waals surface area contributed by atoms with Gasteiger partial charge in [0.1, 0.15) is 11.3 Å². The molecule has 5 heteroatoms. The van der Waals surface area contributed by atoms with Crippen molar-refractivity contribution < 1.29 is 0 Å². The van der Waals surface area contributed by atoms with Gasteiger partial charge in [-0.05, 0) is 31.1 Å². The molecule has 116 valence electrons. The molecule has 21 heavy (non-hydrogen) atoms. The van der Waals surface area contributed by atoms with Crippen LogP contribution in [-0.2, 0) is 19.3 Å². The highest BCUT2D eigenvalue weighted by Crippen LogP contribution is 2.42. The highest BCUT2D eigenvalue weighted by Gasteiger charge is 2.32. The monoisotopic (exact) mass is 308 g/mol. The Balaban J connectivity index is 2.14. The Morgan fingerprint density at radius 3 is 2.76 bits per heavy atom. The lowest BCUT2D eigenvalue weighted by Crippen LogP contribution is -2.26. The molecule has 2 aromatic heterocycles. The predicted octanol–water partition coefficient (Wildman–Crippen LogP) is 4.21. The van der Waals surface area contributed by atoms with Crippen molar-refractivity contribution >= 4 is 22.8 Å². The molecule has 1 fully saturated rings. The standard InChI is InChI=1S/C16H25ClN4/c1-5-12-14-15(20(4)19-12)21(13(10-17)18-14)11-7-6-8-16(2,3)9-11/h11H,5-10H2,1-4H3. The van der Waals surface area contributed by atoms with E-state index in [1.165, 1.54) is 25.7 Å². The summed E-state index contributed by atoms with van der Waals surface area (Å²) in [5, 5.41) is 4.63. The summed E-state index contributed by atoms with van der Waals surface area (Å²) in [7, 11) is 2.02. The van der Waals surface area contributed by atoms with E-state index in [-0.39, 0.29) is 0 Å². The summed E-state index contributed by atoms with van der Waals surface area (Å²) in [5.74, 6) is 1.46. The SMILES string of the molecule is CCc1nn(C)c2c1nc(CCl)n2C1CCCC(C)(C)C1. The summed E-state index contributed by atoms with van der Waals surface area (Å²) in [6.45, 7) is 6.87. The highest BCUT2D eigenvalue weighted by molar-refractivity contribution is 6.16. The van der Waals surface area contributed by atoms with E-state index >= 15 is 0 Å². The van der Waals surface area contributed by atoms with Crippen LogP contribution in [0.3, 0.4) is 0 Å². The van der Waals surface area contributed by atoms with Crippen molar-refractivity contribution in [3.63, 3.8) is 0 Å². The van der Waals surface area contributed by atoms with Crippen LogP contribution in [0.15, 0.2) is 0 Å². The molecule has 1 unspecified atom stereocenters. The van der Waals surface area contributed by atoms with Crippen molar-refractivity contribution in [1.82, 2.24) is 19.3 Å². The third kappa shape index (κ3) is 2.48. The second-order valence-corrected chi connectivity index (χ2v) is 7.31. The van der Waals surface area contributed by atoms with Crippen LogP contribution in [-0.4, -0.2) is 19.3 Å². The number of aryl methyl sites for hydroxylation is 2. The van der Waals surface area contributed by atoms with Gasteiger partial charge in [0.2, 0.25) is 0 Å². The summed E-state index contributed by atoms with van der Waals surface area (Å²) in [5.41, 5.74) is 3.66. The van der Waals surface area contributed by atoms with Crippen molar-refractivity contribution in [2.45, 2.75) is 64.8 Å². The minimum absolute atomic E-state index is 0.398. The molecular formula is C16H25ClN4. The molecule has 0 N–H and O–H groups in total. The van der Waals surface area contributed by atoms with Gasteiger partial charge in [-0.3, -0.25) is 4.68 Å². The highest BCUT2D eigenvalue weighted by atomic mass is 35.5. The molecule has 0 bridgehead atoms. The van der Waals surface area contributed by atoms with E-state index in [1.807, 2.05) is 11.7 Å². The molecule has 1 aliphatic carbocycles. The van der Waals surface area contributed by atoms with Gasteiger partial charge >= 0.3 is 0 Å². The number of aromatic nitrogens is 4. The van der Waals surface area contributed by atoms with Gasteiger partial charge in [-0.25, -0.2) is 4.98 Å². The van der Waals surface area contributed by atoms with Crippen LogP contribution in [0.4, 0.5) is 0 Å². The first-order valence-corrected chi connectivity index (χ1v) is 8.49. The summed E-state index contributed by atoms with van der Waals surface area (Å²) < 4.78 is 4.36. The van der Waals surface area contributed by atoms with Crippen LogP contribution >= 0.6 is 11.6 Å². The molecule has 0 spiro atoms. The van der Waals surface area contributed by atoms with Crippen LogP contribution in [0.2, 0.25) is 0 Å². The van der Waals surface area contributed by atoms with Crippen molar-refractivity contribution in [2.75, 3.05) is 0 Å². The molecule has 0 aliphatic heterocycles. The Morgan fingerprint density at radius 2 is 2.14 bits per heavy atom. The quantitative estimate of drug-likeness (QED) is 0.796. The number of hydrogen-bond acceptors (Lipinski definition) is 2. The second kappa shape index (κ2) is 5.31. The Morgan fingerprint density at radius 1 is 1.38 bits per heavy atom. The molecule has 0 saturated heterocycles. The number of fused-ring (bicyclic) bond motifs is 1. The fourth-order valence-corrected chi connectivity index (χ4v) is 4.03. The smallest absolute Gasteiger partial charge is 0.158 e. The van der Waals surface area contributed by atoms with E-state index in [0.717, 1.165) is 29.1 Å². The Bertz CT molecular complexity index is 653. The molecule has 1 atom stereocenters. The van der Waals surface area contributed by atoms with Crippen molar-refractivity contribution in [2.24, 2.45) is 12.5 Å². The molecular weight excluding hydrogens is 284 g/mol. The Labute approximate surface area is 131 Å². The van der Waals surface area contributed by atoms with E-state index < -0.39 is 0 Å². The van der Waals surface area contributed by atoms with Crippen molar-refractivity contribution in [3.05, 3.63) is 11.5 Å². The largest absolute Gasteiger partial charge is 0.309 e. The third-order valence-electron chi connectivity index (χ3n) is 4.81. The lowest BCUT2D eigenvalue weighted by atomic mass is 9.75. The van der Waals surface area contributed by atoms with Crippen LogP contribution < -0.4 is 0 Å². The number of imidazole rings is 1. The lowest BCUT2D eigenvalue weighted by molar-refractivity contribution is 0.183. The Kier molecular flexibility index (Phi) is 3.76. The van der Waals surface area contributed by atoms with Gasteiger partial charge in [-0.1, -0.05) is 27.2 Å². The van der Waals surface area contributed by atoms with Gasteiger partial charge < -0.3 is 4.57 Å². The topological polar surface area (TPSA) is 35.6 Å². The first-order valence-electron chi connectivity index (χ1n) is 7.95. The molecule has 0 radical (unpaired) electrons. The zero-order chi connectivity index (χ0) is 15.2. The molecule has 0 amide bonds. The summed E-state index contributed by atoms with van der Waals surface area (Å²) in [6, 6.07) is 0.493. The fraction of sp³-hybridized carbons (Fsp3) is 0.750. The van der Waals surface area contributed by atoms with E-state index in [2.05, 4.69) is 30.4 Å². The first-order chi connectivity index (χ1) is 9.96. The number of nitrogens with zero attached hydrogens (tertiary/aromatic N) is 4. The predicted molar refractivity (Wildman–Crippen MR) is 86.7 cm³/mol. The summed E-state index contributed by atoms with van der Waals surface area (Å²) in [4.78, 5) is 4.79. The molecule has 4 nitrogen and oxygen atoms in total. The van der Waals surface area contributed by atoms with Gasteiger partial charge in [-0.2, -0.15) is 5.10 Å². The Hall–Kier alpha value is -1.03. The van der Waals surface area contributed by atoms with E-state index in [4.69, 9.17) is 16.6 Å². The van der Waals surface area contributed by atoms with E-state index in [1.54, 1.807) is 0 Å². The number of rotatable bonds is 3. The molecule has 1 aliphatic rings. The minimum Gasteiger partial charge on any atom is -0.309 e. The number of alkyl halides is 1. The average Bonchev–Trinajstić information content (AvgIpc) is 2.95. The summed E-state index contributed by atoms with van der Waals surface area (Å²) in [6.07, 6.45) is 5.90. The first kappa shape index (κ1) is 14.9. The normalized spacial score (nSPS) is 22.0. The maximum absolute atomic E-state index is 6.19. The zero-order valence-electron chi connectivity index (χ0n) is 13.5. The number of halogens is 1. The van der Waals surface area contributed by atoms with E-state index in [0.29, 0.717) is 17.3 Å². The van der Waals surface area contributed by atoms with Gasteiger partial charge in [0.25, 0.3) is 0 Å². The van der Waals surface area contributed by atoms with Crippen molar-refractivity contribution in [3.8, 4) is 0 Å². The molecule has 3 rings (SSSR count). The van der Waals surface area contributed by atoms with Crippen LogP contribution in [0.1, 0.15) is 64.0 Å². The van der Waals surface area contributed by atoms with E-state index in [9.17, 15) is 0 Å². The van der Waals surface area contributed by atoms with Gasteiger partial charge in [-0.15, -0.1) is 11.6 Å². The third-order valence-corrected chi connectivity index (χ3v) is 5.05. The van der Waals surface area contributed by atoms with Crippen LogP contribution in [0.5, 0.6) is 0 Å². The number of hydrogen-bond donors (Lipinski definition) is 0. The maximum atomic E-state index is 6.19. The summed E-state index contributed by atoms with van der Waals surface area (Å²) >= 11 is 6.19. The van der Waals surface area contributed by atoms with Crippen LogP contribution in [0.25, 0.3) is 11.2 Å². The molecule has 1 saturated carbocycles. The van der Waals surface area contributed by atoms with Crippen molar-refractivity contribution in [1.29, 1.82) is 0 Å². The molecule has 2 aromatic rings. The minimum atomic E-state index is 0.398. The van der Waals surface area contributed by atoms with Gasteiger partial charge in [0.15, 0.2) is 5.65 Å². The zero-order valence-corrected chi connectivity index (χ0v) is 14.2.